The zero-order valence-corrected chi connectivity index (χ0v) is 14.7. The van der Waals surface area contributed by atoms with Gasteiger partial charge in [0.25, 0.3) is 6.43 Å². The maximum absolute atomic E-state index is 12.2. The van der Waals surface area contributed by atoms with Gasteiger partial charge < -0.3 is 4.74 Å². The van der Waals surface area contributed by atoms with E-state index in [2.05, 4.69) is 28.8 Å². The second kappa shape index (κ2) is 7.58. The third-order valence-electron chi connectivity index (χ3n) is 4.35. The van der Waals surface area contributed by atoms with Crippen LogP contribution in [0.4, 0.5) is 8.78 Å². The van der Waals surface area contributed by atoms with Crippen molar-refractivity contribution < 1.29 is 13.5 Å². The van der Waals surface area contributed by atoms with Gasteiger partial charge in [-0.25, -0.2) is 13.5 Å². The zero-order valence-electron chi connectivity index (χ0n) is 14.7. The molecule has 0 atom stereocenters. The highest BCUT2D eigenvalue weighted by Crippen LogP contribution is 2.31. The van der Waals surface area contributed by atoms with Crippen LogP contribution in [0.1, 0.15) is 25.1 Å². The Morgan fingerprint density at radius 2 is 2.04 bits per heavy atom. The van der Waals surface area contributed by atoms with Crippen molar-refractivity contribution in [3.63, 3.8) is 0 Å². The van der Waals surface area contributed by atoms with Gasteiger partial charge in [0.1, 0.15) is 6.61 Å². The molecule has 0 aliphatic carbocycles. The van der Waals surface area contributed by atoms with Crippen molar-refractivity contribution in [3.8, 4) is 5.69 Å². The van der Waals surface area contributed by atoms with E-state index in [1.165, 1.54) is 11.3 Å². The second-order valence-corrected chi connectivity index (χ2v) is 7.25. The van der Waals surface area contributed by atoms with E-state index < -0.39 is 13.0 Å². The highest BCUT2D eigenvalue weighted by molar-refractivity contribution is 5.34. The summed E-state index contributed by atoms with van der Waals surface area (Å²) in [4.78, 5) is 6.32. The maximum Gasteiger partial charge on any atom is 0.261 e. The van der Waals surface area contributed by atoms with E-state index in [1.54, 1.807) is 12.4 Å². The Bertz CT molecular complexity index is 688. The van der Waals surface area contributed by atoms with Gasteiger partial charge in [-0.15, -0.1) is 0 Å². The Labute approximate surface area is 146 Å². The van der Waals surface area contributed by atoms with Gasteiger partial charge in [0.05, 0.1) is 18.5 Å². The molecule has 0 bridgehead atoms. The van der Waals surface area contributed by atoms with Crippen molar-refractivity contribution in [1.82, 2.24) is 19.7 Å². The molecule has 5 nitrogen and oxygen atoms in total. The van der Waals surface area contributed by atoms with E-state index in [4.69, 9.17) is 4.74 Å². The van der Waals surface area contributed by atoms with E-state index in [1.807, 2.05) is 23.0 Å². The average Bonchev–Trinajstić information content (AvgIpc) is 2.87. The lowest BCUT2D eigenvalue weighted by atomic mass is 9.87. The van der Waals surface area contributed by atoms with Crippen LogP contribution in [0.15, 0.2) is 30.7 Å². The van der Waals surface area contributed by atoms with Gasteiger partial charge in [-0.05, 0) is 24.0 Å². The summed E-state index contributed by atoms with van der Waals surface area (Å²) in [5.41, 5.74) is 3.43. The predicted octanol–water partition coefficient (Wildman–Crippen LogP) is 2.93. The number of halogens is 2. The summed E-state index contributed by atoms with van der Waals surface area (Å²) >= 11 is 0. The molecule has 1 aliphatic heterocycles. The van der Waals surface area contributed by atoms with Crippen molar-refractivity contribution in [2.24, 2.45) is 5.41 Å². The molecular formula is C18H24F2N4O. The summed E-state index contributed by atoms with van der Waals surface area (Å²) in [6, 6.07) is 3.89. The summed E-state index contributed by atoms with van der Waals surface area (Å²) in [6.07, 6.45) is 3.92. The molecule has 0 N–H and O–H groups in total. The van der Waals surface area contributed by atoms with Gasteiger partial charge in [-0.1, -0.05) is 13.8 Å². The van der Waals surface area contributed by atoms with E-state index >= 15 is 0 Å². The number of hydrogen-bond donors (Lipinski definition) is 0. The molecule has 0 amide bonds. The molecule has 25 heavy (non-hydrogen) atoms. The minimum Gasteiger partial charge on any atom is -0.374 e. The zero-order chi connectivity index (χ0) is 17.9. The Hall–Kier alpha value is -1.86. The molecule has 0 spiro atoms. The number of fused-ring (bicyclic) bond motifs is 1. The molecule has 1 aliphatic rings. The minimum atomic E-state index is -2.41. The first kappa shape index (κ1) is 17.9. The van der Waals surface area contributed by atoms with Crippen LogP contribution in [-0.2, 0) is 17.7 Å². The van der Waals surface area contributed by atoms with Crippen molar-refractivity contribution in [1.29, 1.82) is 0 Å². The van der Waals surface area contributed by atoms with Crippen molar-refractivity contribution in [3.05, 3.63) is 42.0 Å². The topological polar surface area (TPSA) is 43.2 Å². The van der Waals surface area contributed by atoms with Gasteiger partial charge in [0.2, 0.25) is 0 Å². The largest absolute Gasteiger partial charge is 0.374 e. The molecule has 136 valence electrons. The highest BCUT2D eigenvalue weighted by Gasteiger charge is 2.30. The number of pyridine rings is 1. The molecule has 0 aromatic carbocycles. The van der Waals surface area contributed by atoms with Crippen LogP contribution in [0.25, 0.3) is 5.69 Å². The first-order chi connectivity index (χ1) is 11.9. The number of aromatic nitrogens is 3. The standard InChI is InChI=1S/C18H24F2N4O/c1-18(2)9-16-14(10-22-24(16)15-3-5-21-6-4-15)11-23(13-18)7-8-25-12-17(19)20/h3-6,10,17H,7-9,11-13H2,1-2H3. The number of alkyl halides is 2. The maximum atomic E-state index is 12.2. The predicted molar refractivity (Wildman–Crippen MR) is 90.9 cm³/mol. The second-order valence-electron chi connectivity index (χ2n) is 7.25. The summed E-state index contributed by atoms with van der Waals surface area (Å²) in [5.74, 6) is 0. The molecule has 0 unspecified atom stereocenters. The van der Waals surface area contributed by atoms with Crippen LogP contribution in [0, 0.1) is 5.41 Å². The molecule has 0 fully saturated rings. The summed E-state index contributed by atoms with van der Waals surface area (Å²) in [7, 11) is 0. The number of ether oxygens (including phenoxy) is 1. The first-order valence-electron chi connectivity index (χ1n) is 8.49. The highest BCUT2D eigenvalue weighted by atomic mass is 19.3. The Morgan fingerprint density at radius 1 is 1.28 bits per heavy atom. The number of rotatable bonds is 6. The van der Waals surface area contributed by atoms with Crippen LogP contribution in [0.5, 0.6) is 0 Å². The molecule has 0 saturated heterocycles. The van der Waals surface area contributed by atoms with Crippen LogP contribution < -0.4 is 0 Å². The lowest BCUT2D eigenvalue weighted by molar-refractivity contribution is 0.00644. The Kier molecular flexibility index (Phi) is 5.44. The average molecular weight is 350 g/mol. The Morgan fingerprint density at radius 3 is 2.76 bits per heavy atom. The van der Waals surface area contributed by atoms with Gasteiger partial charge in [0.15, 0.2) is 0 Å². The molecule has 0 radical (unpaired) electrons. The molecule has 2 aromatic rings. The van der Waals surface area contributed by atoms with Crippen LogP contribution in [0.3, 0.4) is 0 Å². The van der Waals surface area contributed by atoms with Gasteiger partial charge in [0, 0.05) is 43.3 Å². The molecule has 7 heteroatoms. The number of hydrogen-bond acceptors (Lipinski definition) is 4. The normalized spacial score (nSPS) is 17.5. The van der Waals surface area contributed by atoms with E-state index in [9.17, 15) is 8.78 Å². The van der Waals surface area contributed by atoms with E-state index in [0.717, 1.165) is 25.2 Å². The Balaban J connectivity index is 1.76. The number of nitrogens with zero attached hydrogens (tertiary/aromatic N) is 4. The summed E-state index contributed by atoms with van der Waals surface area (Å²) < 4.78 is 31.4. The lowest BCUT2D eigenvalue weighted by Crippen LogP contribution is -2.35. The van der Waals surface area contributed by atoms with E-state index in [-0.39, 0.29) is 5.41 Å². The summed E-state index contributed by atoms with van der Waals surface area (Å²) in [5, 5.41) is 4.56. The first-order valence-corrected chi connectivity index (χ1v) is 8.49. The third kappa shape index (κ3) is 4.61. The molecule has 0 saturated carbocycles. The molecular weight excluding hydrogens is 326 g/mol. The van der Waals surface area contributed by atoms with Crippen molar-refractivity contribution in [2.45, 2.75) is 33.2 Å². The third-order valence-corrected chi connectivity index (χ3v) is 4.35. The smallest absolute Gasteiger partial charge is 0.261 e. The quantitative estimate of drug-likeness (QED) is 0.752. The summed E-state index contributed by atoms with van der Waals surface area (Å²) in [6.45, 7) is 6.53. The molecule has 2 aromatic heterocycles. The van der Waals surface area contributed by atoms with Gasteiger partial charge >= 0.3 is 0 Å². The van der Waals surface area contributed by atoms with Crippen LogP contribution in [0.2, 0.25) is 0 Å². The van der Waals surface area contributed by atoms with Gasteiger partial charge in [-0.3, -0.25) is 9.88 Å². The molecule has 3 rings (SSSR count). The molecule has 3 heterocycles. The fourth-order valence-electron chi connectivity index (χ4n) is 3.37. The fraction of sp³-hybridized carbons (Fsp3) is 0.556. The van der Waals surface area contributed by atoms with Crippen molar-refractivity contribution in [2.75, 3.05) is 26.3 Å². The van der Waals surface area contributed by atoms with E-state index in [0.29, 0.717) is 13.2 Å². The fourth-order valence-corrected chi connectivity index (χ4v) is 3.37. The monoisotopic (exact) mass is 350 g/mol. The van der Waals surface area contributed by atoms with Crippen molar-refractivity contribution >= 4 is 0 Å². The van der Waals surface area contributed by atoms with Crippen LogP contribution in [-0.4, -0.2) is 52.4 Å². The lowest BCUT2D eigenvalue weighted by Gasteiger charge is -2.29. The SMILES string of the molecule is CC1(C)Cc2c(cnn2-c2ccncc2)CN(CCOCC(F)F)C1. The minimum absolute atomic E-state index is 0.0543. The van der Waals surface area contributed by atoms with Crippen LogP contribution >= 0.6 is 0 Å². The van der Waals surface area contributed by atoms with Gasteiger partial charge in [-0.2, -0.15) is 5.10 Å².